The van der Waals surface area contributed by atoms with E-state index in [0.29, 0.717) is 5.82 Å². The lowest BCUT2D eigenvalue weighted by atomic mass is 10.0. The maximum atomic E-state index is 6.20. The van der Waals surface area contributed by atoms with Crippen LogP contribution in [-0.4, -0.2) is 9.78 Å². The van der Waals surface area contributed by atoms with E-state index in [9.17, 15) is 0 Å². The fourth-order valence-corrected chi connectivity index (χ4v) is 2.50. The normalized spacial score (nSPS) is 11.0. The molecule has 2 aromatic heterocycles. The number of anilines is 1. The first kappa shape index (κ1) is 13.5. The number of furan rings is 1. The topological polar surface area (TPSA) is 57.0 Å². The van der Waals surface area contributed by atoms with Crippen LogP contribution in [-0.2, 0) is 19.9 Å². The lowest BCUT2D eigenvalue weighted by Gasteiger charge is -2.04. The Morgan fingerprint density at radius 1 is 1.14 bits per heavy atom. The van der Waals surface area contributed by atoms with Crippen molar-refractivity contribution in [1.29, 1.82) is 0 Å². The zero-order valence-corrected chi connectivity index (χ0v) is 12.3. The van der Waals surface area contributed by atoms with Crippen LogP contribution in [0.15, 0.2) is 47.1 Å². The van der Waals surface area contributed by atoms with Gasteiger partial charge in [0.25, 0.3) is 0 Å². The summed E-state index contributed by atoms with van der Waals surface area (Å²) < 4.78 is 7.13. The number of hydrogen-bond donors (Lipinski definition) is 1. The first-order valence-electron chi connectivity index (χ1n) is 7.06. The van der Waals surface area contributed by atoms with E-state index in [2.05, 4.69) is 36.3 Å². The molecule has 108 valence electrons. The summed E-state index contributed by atoms with van der Waals surface area (Å²) in [5.41, 5.74) is 10.6. The average Bonchev–Trinajstić information content (AvgIpc) is 3.08. The third-order valence-corrected chi connectivity index (χ3v) is 3.69. The van der Waals surface area contributed by atoms with Crippen molar-refractivity contribution < 1.29 is 4.42 Å². The van der Waals surface area contributed by atoms with Gasteiger partial charge in [0.15, 0.2) is 0 Å². The summed E-state index contributed by atoms with van der Waals surface area (Å²) in [6.07, 6.45) is 3.33. The molecule has 0 aliphatic heterocycles. The number of aryl methyl sites for hydroxylation is 4. The highest BCUT2D eigenvalue weighted by Gasteiger charge is 2.15. The highest BCUT2D eigenvalue weighted by atomic mass is 16.3. The zero-order chi connectivity index (χ0) is 14.8. The number of rotatable bonds is 4. The van der Waals surface area contributed by atoms with E-state index in [1.807, 2.05) is 19.2 Å². The molecule has 3 aromatic rings. The van der Waals surface area contributed by atoms with Crippen molar-refractivity contribution in [2.45, 2.75) is 19.8 Å². The van der Waals surface area contributed by atoms with Gasteiger partial charge in [0.05, 0.1) is 12.0 Å². The molecule has 0 unspecified atom stereocenters. The highest BCUT2D eigenvalue weighted by molar-refractivity contribution is 5.76. The predicted octanol–water partition coefficient (Wildman–Crippen LogP) is 3.36. The standard InChI is InChI=1S/C17H19N3O/c1-12-5-7-13(8-6-12)16-15(19-20(2)17(16)18)10-9-14-4-3-11-21-14/h3-8,11H,9-10,18H2,1-2H3. The number of nitrogens with zero attached hydrogens (tertiary/aromatic N) is 2. The molecule has 4 heteroatoms. The maximum absolute atomic E-state index is 6.20. The van der Waals surface area contributed by atoms with E-state index >= 15 is 0 Å². The first-order valence-corrected chi connectivity index (χ1v) is 7.06. The van der Waals surface area contributed by atoms with Crippen LogP contribution in [0.4, 0.5) is 5.82 Å². The van der Waals surface area contributed by atoms with Crippen LogP contribution < -0.4 is 5.73 Å². The number of nitrogens with two attached hydrogens (primary N) is 1. The van der Waals surface area contributed by atoms with Crippen LogP contribution in [0.5, 0.6) is 0 Å². The van der Waals surface area contributed by atoms with Crippen molar-refractivity contribution >= 4 is 5.82 Å². The second-order valence-corrected chi connectivity index (χ2v) is 5.28. The van der Waals surface area contributed by atoms with Crippen molar-refractivity contribution in [3.63, 3.8) is 0 Å². The fraction of sp³-hybridized carbons (Fsp3) is 0.235. The lowest BCUT2D eigenvalue weighted by Crippen LogP contribution is -1.98. The SMILES string of the molecule is Cc1ccc(-c2c(CCc3ccco3)nn(C)c2N)cc1. The summed E-state index contributed by atoms with van der Waals surface area (Å²) in [5, 5.41) is 4.56. The van der Waals surface area contributed by atoms with Gasteiger partial charge in [-0.2, -0.15) is 5.10 Å². The second kappa shape index (κ2) is 5.48. The maximum Gasteiger partial charge on any atom is 0.129 e. The summed E-state index contributed by atoms with van der Waals surface area (Å²) in [7, 11) is 1.88. The van der Waals surface area contributed by atoms with Crippen LogP contribution in [0.2, 0.25) is 0 Å². The molecule has 2 N–H and O–H groups in total. The van der Waals surface area contributed by atoms with Crippen LogP contribution in [0.25, 0.3) is 11.1 Å². The van der Waals surface area contributed by atoms with Crippen LogP contribution >= 0.6 is 0 Å². The minimum atomic E-state index is 0.702. The molecule has 0 radical (unpaired) electrons. The van der Waals surface area contributed by atoms with Gasteiger partial charge in [-0.15, -0.1) is 0 Å². The molecular formula is C17H19N3O. The lowest BCUT2D eigenvalue weighted by molar-refractivity contribution is 0.507. The van der Waals surface area contributed by atoms with Gasteiger partial charge in [-0.1, -0.05) is 29.8 Å². The van der Waals surface area contributed by atoms with Gasteiger partial charge >= 0.3 is 0 Å². The molecule has 3 rings (SSSR count). The minimum Gasteiger partial charge on any atom is -0.469 e. The van der Waals surface area contributed by atoms with Gasteiger partial charge in [-0.05, 0) is 31.0 Å². The molecule has 4 nitrogen and oxygen atoms in total. The van der Waals surface area contributed by atoms with Gasteiger partial charge in [-0.25, -0.2) is 0 Å². The van der Waals surface area contributed by atoms with Gasteiger partial charge < -0.3 is 10.2 Å². The summed E-state index contributed by atoms with van der Waals surface area (Å²) >= 11 is 0. The fourth-order valence-electron chi connectivity index (χ4n) is 2.50. The molecule has 0 atom stereocenters. The quantitative estimate of drug-likeness (QED) is 0.797. The molecule has 2 heterocycles. The first-order chi connectivity index (χ1) is 10.1. The molecule has 0 spiro atoms. The molecule has 0 aliphatic carbocycles. The van der Waals surface area contributed by atoms with Crippen molar-refractivity contribution in [3.05, 3.63) is 59.7 Å². The second-order valence-electron chi connectivity index (χ2n) is 5.28. The summed E-state index contributed by atoms with van der Waals surface area (Å²) in [6, 6.07) is 12.3. The molecule has 0 bridgehead atoms. The average molecular weight is 281 g/mol. The van der Waals surface area contributed by atoms with Crippen molar-refractivity contribution in [3.8, 4) is 11.1 Å². The molecule has 0 saturated carbocycles. The predicted molar refractivity (Wildman–Crippen MR) is 83.9 cm³/mol. The third kappa shape index (κ3) is 2.70. The molecule has 0 amide bonds. The summed E-state index contributed by atoms with van der Waals surface area (Å²) in [4.78, 5) is 0. The number of aromatic nitrogens is 2. The summed E-state index contributed by atoms with van der Waals surface area (Å²) in [5.74, 6) is 1.67. The van der Waals surface area contributed by atoms with Crippen LogP contribution in [0.1, 0.15) is 17.0 Å². The molecular weight excluding hydrogens is 262 g/mol. The van der Waals surface area contributed by atoms with Gasteiger partial charge in [0, 0.05) is 19.0 Å². The Labute approximate surface area is 124 Å². The van der Waals surface area contributed by atoms with E-state index < -0.39 is 0 Å². The monoisotopic (exact) mass is 281 g/mol. The Balaban J connectivity index is 1.93. The Morgan fingerprint density at radius 3 is 2.57 bits per heavy atom. The van der Waals surface area contributed by atoms with Gasteiger partial charge in [-0.3, -0.25) is 4.68 Å². The molecule has 21 heavy (non-hydrogen) atoms. The van der Waals surface area contributed by atoms with Crippen LogP contribution in [0.3, 0.4) is 0 Å². The van der Waals surface area contributed by atoms with E-state index in [1.165, 1.54) is 5.56 Å². The Kier molecular flexibility index (Phi) is 3.52. The molecule has 0 saturated heterocycles. The minimum absolute atomic E-state index is 0.702. The largest absolute Gasteiger partial charge is 0.469 e. The van der Waals surface area contributed by atoms with Crippen molar-refractivity contribution in [2.75, 3.05) is 5.73 Å². The Morgan fingerprint density at radius 2 is 1.90 bits per heavy atom. The Bertz CT molecular complexity index is 724. The van der Waals surface area contributed by atoms with Crippen LogP contribution in [0, 0.1) is 6.92 Å². The number of benzene rings is 1. The van der Waals surface area contributed by atoms with Gasteiger partial charge in [0.1, 0.15) is 11.6 Å². The Hall–Kier alpha value is -2.49. The molecule has 1 aromatic carbocycles. The van der Waals surface area contributed by atoms with Gasteiger partial charge in [0.2, 0.25) is 0 Å². The van der Waals surface area contributed by atoms with E-state index in [-0.39, 0.29) is 0 Å². The summed E-state index contributed by atoms with van der Waals surface area (Å²) in [6.45, 7) is 2.08. The number of nitrogen functional groups attached to an aromatic ring is 1. The molecule has 0 aliphatic rings. The van der Waals surface area contributed by atoms with Crippen molar-refractivity contribution in [2.24, 2.45) is 7.05 Å². The number of hydrogen-bond acceptors (Lipinski definition) is 3. The van der Waals surface area contributed by atoms with E-state index in [4.69, 9.17) is 10.2 Å². The van der Waals surface area contributed by atoms with E-state index in [1.54, 1.807) is 10.9 Å². The highest BCUT2D eigenvalue weighted by Crippen LogP contribution is 2.30. The smallest absolute Gasteiger partial charge is 0.129 e. The third-order valence-electron chi connectivity index (χ3n) is 3.69. The zero-order valence-electron chi connectivity index (χ0n) is 12.3. The van der Waals surface area contributed by atoms with E-state index in [0.717, 1.165) is 35.4 Å². The molecule has 0 fully saturated rings. The van der Waals surface area contributed by atoms with Crippen molar-refractivity contribution in [1.82, 2.24) is 9.78 Å².